The fraction of sp³-hybridized carbons (Fsp3) is 0.120. The number of hydrogen-bond donors (Lipinski definition) is 1. The molecule has 0 radical (unpaired) electrons. The Morgan fingerprint density at radius 2 is 1.63 bits per heavy atom. The summed E-state index contributed by atoms with van der Waals surface area (Å²) in [6.45, 7) is 0.0126. The van der Waals surface area contributed by atoms with Crippen LogP contribution in [0.15, 0.2) is 88.6 Å². The molecular formula is C25H19F3N2O4S. The van der Waals surface area contributed by atoms with Crippen molar-refractivity contribution in [3.05, 3.63) is 106 Å². The Kier molecular flexibility index (Phi) is 6.25. The standard InChI is InChI=1S/C25H19F3N2O4S/c1-35(33,34)20-11-9-16(10-12-20)15-29-23(31)21-13-17-5-2-3-8-22(17)30(24(21)32)19-7-4-6-18(14-19)25(26,27)28/h2-14H,15H2,1H3,(H,29,31). The average molecular weight is 500 g/mol. The van der Waals surface area contributed by atoms with Crippen LogP contribution in [-0.2, 0) is 22.6 Å². The van der Waals surface area contributed by atoms with E-state index in [2.05, 4.69) is 5.32 Å². The van der Waals surface area contributed by atoms with Crippen LogP contribution in [0.3, 0.4) is 0 Å². The van der Waals surface area contributed by atoms with Gasteiger partial charge in [0.2, 0.25) is 0 Å². The summed E-state index contributed by atoms with van der Waals surface area (Å²) >= 11 is 0. The first-order valence-electron chi connectivity index (χ1n) is 10.3. The number of pyridine rings is 1. The van der Waals surface area contributed by atoms with Crippen molar-refractivity contribution in [2.75, 3.05) is 6.26 Å². The Morgan fingerprint density at radius 1 is 0.943 bits per heavy atom. The molecule has 4 rings (SSSR count). The fourth-order valence-corrected chi connectivity index (χ4v) is 4.26. The van der Waals surface area contributed by atoms with Crippen molar-refractivity contribution in [3.8, 4) is 5.69 Å². The van der Waals surface area contributed by atoms with E-state index < -0.39 is 33.0 Å². The van der Waals surface area contributed by atoms with Crippen molar-refractivity contribution in [2.24, 2.45) is 0 Å². The van der Waals surface area contributed by atoms with Crippen molar-refractivity contribution in [1.82, 2.24) is 9.88 Å². The predicted octanol–water partition coefficient (Wildman–Crippen LogP) is 4.34. The number of rotatable bonds is 5. The van der Waals surface area contributed by atoms with Crippen molar-refractivity contribution in [3.63, 3.8) is 0 Å². The minimum Gasteiger partial charge on any atom is -0.348 e. The average Bonchev–Trinajstić information content (AvgIpc) is 2.81. The Bertz CT molecular complexity index is 1590. The first-order chi connectivity index (χ1) is 16.4. The van der Waals surface area contributed by atoms with Crippen LogP contribution in [-0.4, -0.2) is 25.1 Å². The molecule has 0 spiro atoms. The highest BCUT2D eigenvalue weighted by molar-refractivity contribution is 7.90. The molecule has 1 aromatic heterocycles. The lowest BCUT2D eigenvalue weighted by molar-refractivity contribution is -0.137. The van der Waals surface area contributed by atoms with Gasteiger partial charge in [0.05, 0.1) is 16.0 Å². The first kappa shape index (κ1) is 24.2. The summed E-state index contributed by atoms with van der Waals surface area (Å²) in [5.74, 6) is -0.714. The number of fused-ring (bicyclic) bond motifs is 1. The van der Waals surface area contributed by atoms with Crippen LogP contribution >= 0.6 is 0 Å². The zero-order valence-corrected chi connectivity index (χ0v) is 19.2. The van der Waals surface area contributed by atoms with Crippen LogP contribution in [0.2, 0.25) is 0 Å². The van der Waals surface area contributed by atoms with Crippen LogP contribution in [0.25, 0.3) is 16.6 Å². The number of nitrogens with zero attached hydrogens (tertiary/aromatic N) is 1. The van der Waals surface area contributed by atoms with Gasteiger partial charge in [0, 0.05) is 18.5 Å². The SMILES string of the molecule is CS(=O)(=O)c1ccc(CNC(=O)c2cc3ccccc3n(-c3cccc(C(F)(F)F)c3)c2=O)cc1. The van der Waals surface area contributed by atoms with Gasteiger partial charge in [0.1, 0.15) is 5.56 Å². The summed E-state index contributed by atoms with van der Waals surface area (Å²) < 4.78 is 64.1. The monoisotopic (exact) mass is 500 g/mol. The van der Waals surface area contributed by atoms with Crippen LogP contribution in [0.4, 0.5) is 13.2 Å². The molecule has 0 aliphatic rings. The summed E-state index contributed by atoms with van der Waals surface area (Å²) in [7, 11) is -3.37. The molecule has 0 aliphatic heterocycles. The predicted molar refractivity (Wildman–Crippen MR) is 125 cm³/mol. The normalized spacial score (nSPS) is 12.0. The molecule has 0 fully saturated rings. The third kappa shape index (κ3) is 5.12. The third-order valence-corrected chi connectivity index (χ3v) is 6.52. The number of benzene rings is 3. The number of aromatic nitrogens is 1. The Hall–Kier alpha value is -3.92. The molecule has 1 N–H and O–H groups in total. The van der Waals surface area contributed by atoms with Gasteiger partial charge in [-0.3, -0.25) is 14.2 Å². The van der Waals surface area contributed by atoms with Crippen LogP contribution in [0, 0.1) is 0 Å². The molecule has 4 aromatic rings. The van der Waals surface area contributed by atoms with Gasteiger partial charge >= 0.3 is 6.18 Å². The highest BCUT2D eigenvalue weighted by Crippen LogP contribution is 2.30. The quantitative estimate of drug-likeness (QED) is 0.442. The summed E-state index contributed by atoms with van der Waals surface area (Å²) in [5, 5.41) is 3.10. The molecule has 10 heteroatoms. The lowest BCUT2D eigenvalue weighted by Gasteiger charge is -2.15. The Labute approximate surface area is 198 Å². The van der Waals surface area contributed by atoms with Crippen molar-refractivity contribution < 1.29 is 26.4 Å². The zero-order chi connectivity index (χ0) is 25.4. The molecule has 1 heterocycles. The number of carbonyl (C=O) groups excluding carboxylic acids is 1. The van der Waals surface area contributed by atoms with Crippen molar-refractivity contribution >= 4 is 26.6 Å². The van der Waals surface area contributed by atoms with E-state index in [1.807, 2.05) is 0 Å². The molecule has 1 amide bonds. The summed E-state index contributed by atoms with van der Waals surface area (Å²) in [4.78, 5) is 26.4. The van der Waals surface area contributed by atoms with Crippen LogP contribution in [0.1, 0.15) is 21.5 Å². The number of amides is 1. The second-order valence-electron chi connectivity index (χ2n) is 7.90. The maximum atomic E-state index is 13.3. The molecule has 0 atom stereocenters. The van der Waals surface area contributed by atoms with Gasteiger partial charge in [-0.25, -0.2) is 8.42 Å². The summed E-state index contributed by atoms with van der Waals surface area (Å²) in [5.41, 5.74) is -0.998. The van der Waals surface area contributed by atoms with E-state index in [1.165, 1.54) is 42.5 Å². The van der Waals surface area contributed by atoms with E-state index in [1.54, 1.807) is 24.3 Å². The minimum atomic E-state index is -4.60. The van der Waals surface area contributed by atoms with Gasteiger partial charge in [-0.1, -0.05) is 36.4 Å². The molecule has 0 unspecified atom stereocenters. The summed E-state index contributed by atoms with van der Waals surface area (Å²) in [6, 6.07) is 18.2. The number of hydrogen-bond acceptors (Lipinski definition) is 4. The maximum Gasteiger partial charge on any atom is 0.416 e. The van der Waals surface area contributed by atoms with Crippen LogP contribution < -0.4 is 10.9 Å². The summed E-state index contributed by atoms with van der Waals surface area (Å²) in [6.07, 6.45) is -3.52. The van der Waals surface area contributed by atoms with Gasteiger partial charge < -0.3 is 5.32 Å². The zero-order valence-electron chi connectivity index (χ0n) is 18.3. The van der Waals surface area contributed by atoms with Gasteiger partial charge in [0.15, 0.2) is 9.84 Å². The largest absolute Gasteiger partial charge is 0.416 e. The molecule has 3 aromatic carbocycles. The highest BCUT2D eigenvalue weighted by atomic mass is 32.2. The highest BCUT2D eigenvalue weighted by Gasteiger charge is 2.31. The van der Waals surface area contributed by atoms with E-state index >= 15 is 0 Å². The van der Waals surface area contributed by atoms with Gasteiger partial charge in [0.25, 0.3) is 11.5 Å². The lowest BCUT2D eigenvalue weighted by Crippen LogP contribution is -2.32. The molecule has 35 heavy (non-hydrogen) atoms. The second-order valence-corrected chi connectivity index (χ2v) is 9.92. The number of alkyl halides is 3. The third-order valence-electron chi connectivity index (χ3n) is 5.39. The van der Waals surface area contributed by atoms with E-state index in [-0.39, 0.29) is 22.7 Å². The van der Waals surface area contributed by atoms with E-state index in [9.17, 15) is 31.2 Å². The van der Waals surface area contributed by atoms with E-state index in [0.29, 0.717) is 16.5 Å². The van der Waals surface area contributed by atoms with Gasteiger partial charge in [-0.05, 0) is 53.4 Å². The molecular weight excluding hydrogens is 481 g/mol. The number of carbonyl (C=O) groups is 1. The molecule has 0 saturated carbocycles. The van der Waals surface area contributed by atoms with E-state index in [0.717, 1.165) is 23.0 Å². The lowest BCUT2D eigenvalue weighted by atomic mass is 10.1. The van der Waals surface area contributed by atoms with Crippen molar-refractivity contribution in [1.29, 1.82) is 0 Å². The Morgan fingerprint density at radius 3 is 2.29 bits per heavy atom. The van der Waals surface area contributed by atoms with Gasteiger partial charge in [-0.2, -0.15) is 13.2 Å². The molecule has 0 aliphatic carbocycles. The smallest absolute Gasteiger partial charge is 0.348 e. The van der Waals surface area contributed by atoms with Crippen LogP contribution in [0.5, 0.6) is 0 Å². The fourth-order valence-electron chi connectivity index (χ4n) is 3.63. The minimum absolute atomic E-state index is 0.0126. The molecule has 180 valence electrons. The number of nitrogens with one attached hydrogen (secondary N) is 1. The maximum absolute atomic E-state index is 13.3. The number of halogens is 3. The molecule has 6 nitrogen and oxygen atoms in total. The molecule has 0 bridgehead atoms. The Balaban J connectivity index is 1.72. The topological polar surface area (TPSA) is 85.2 Å². The van der Waals surface area contributed by atoms with Gasteiger partial charge in [-0.15, -0.1) is 0 Å². The number of sulfone groups is 1. The number of para-hydroxylation sites is 1. The second kappa shape index (κ2) is 9.03. The first-order valence-corrected chi connectivity index (χ1v) is 12.2. The van der Waals surface area contributed by atoms with E-state index in [4.69, 9.17) is 0 Å². The molecule has 0 saturated heterocycles. The van der Waals surface area contributed by atoms with Crippen molar-refractivity contribution in [2.45, 2.75) is 17.6 Å².